The number of hydrogen-bond acceptors (Lipinski definition) is 5. The van der Waals surface area contributed by atoms with E-state index in [1.807, 2.05) is 18.2 Å². The van der Waals surface area contributed by atoms with Crippen LogP contribution in [0, 0.1) is 5.92 Å². The molecule has 0 bridgehead atoms. The van der Waals surface area contributed by atoms with Gasteiger partial charge in [-0.15, -0.1) is 0 Å². The molecule has 4 rings (SSSR count). The van der Waals surface area contributed by atoms with Crippen molar-refractivity contribution in [1.29, 1.82) is 0 Å². The summed E-state index contributed by atoms with van der Waals surface area (Å²) in [6.45, 7) is 7.79. The lowest BCUT2D eigenvalue weighted by Gasteiger charge is -2.42. The Balaban J connectivity index is 1.62. The van der Waals surface area contributed by atoms with Gasteiger partial charge in [-0.2, -0.15) is 5.10 Å². The number of aromatic amines is 1. The summed E-state index contributed by atoms with van der Waals surface area (Å²) >= 11 is 0. The van der Waals surface area contributed by atoms with Crippen LogP contribution < -0.4 is 5.32 Å². The maximum Gasteiger partial charge on any atom is 0.181 e. The second kappa shape index (κ2) is 8.10. The van der Waals surface area contributed by atoms with Crippen LogP contribution in [0.25, 0.3) is 11.4 Å². The molecule has 1 aliphatic heterocycles. The third-order valence-electron chi connectivity index (χ3n) is 5.37. The number of aromatic nitrogens is 4. The second-order valence-electron chi connectivity index (χ2n) is 8.01. The highest BCUT2D eigenvalue weighted by atomic mass is 15.3. The number of pyridine rings is 1. The summed E-state index contributed by atoms with van der Waals surface area (Å²) in [5.41, 5.74) is 1.85. The standard InChI is InChI=1S/C22H28N6/c1-17(2)16-28-14-10-22(11-15-28,25-19-6-4-3-5-7-19)21-24-20(26-27-21)18-8-12-23-13-9-18/h3-9,12-13,17,25H,10-11,14-16H2,1-2H3,(H,24,26,27). The number of anilines is 1. The van der Waals surface area contributed by atoms with Gasteiger partial charge in [0.2, 0.25) is 0 Å². The fraction of sp³-hybridized carbons (Fsp3) is 0.409. The number of para-hydroxylation sites is 1. The lowest BCUT2D eigenvalue weighted by atomic mass is 9.85. The lowest BCUT2D eigenvalue weighted by molar-refractivity contribution is 0.154. The highest BCUT2D eigenvalue weighted by molar-refractivity contribution is 5.54. The van der Waals surface area contributed by atoms with Crippen LogP contribution in [0.5, 0.6) is 0 Å². The van der Waals surface area contributed by atoms with Gasteiger partial charge in [0.25, 0.3) is 0 Å². The largest absolute Gasteiger partial charge is 0.373 e. The van der Waals surface area contributed by atoms with E-state index in [1.165, 1.54) is 0 Å². The van der Waals surface area contributed by atoms with Crippen LogP contribution in [0.2, 0.25) is 0 Å². The van der Waals surface area contributed by atoms with Crippen molar-refractivity contribution in [2.75, 3.05) is 25.0 Å². The molecule has 1 aromatic carbocycles. The van der Waals surface area contributed by atoms with Gasteiger partial charge < -0.3 is 10.2 Å². The first-order valence-corrected chi connectivity index (χ1v) is 10.0. The fourth-order valence-electron chi connectivity index (χ4n) is 3.96. The van der Waals surface area contributed by atoms with Gasteiger partial charge >= 0.3 is 0 Å². The van der Waals surface area contributed by atoms with Crippen LogP contribution in [0.3, 0.4) is 0 Å². The van der Waals surface area contributed by atoms with Crippen molar-refractivity contribution in [3.63, 3.8) is 0 Å². The Morgan fingerprint density at radius 3 is 2.46 bits per heavy atom. The first-order chi connectivity index (χ1) is 13.6. The van der Waals surface area contributed by atoms with Gasteiger partial charge in [-0.1, -0.05) is 32.0 Å². The van der Waals surface area contributed by atoms with Crippen LogP contribution in [0.4, 0.5) is 5.69 Å². The molecule has 1 saturated heterocycles. The molecular weight excluding hydrogens is 348 g/mol. The molecule has 28 heavy (non-hydrogen) atoms. The molecule has 0 aliphatic carbocycles. The van der Waals surface area contributed by atoms with E-state index in [9.17, 15) is 0 Å². The van der Waals surface area contributed by atoms with Crippen molar-refractivity contribution in [3.05, 3.63) is 60.7 Å². The van der Waals surface area contributed by atoms with E-state index in [0.29, 0.717) is 5.92 Å². The smallest absolute Gasteiger partial charge is 0.181 e. The highest BCUT2D eigenvalue weighted by Gasteiger charge is 2.39. The Morgan fingerprint density at radius 1 is 1.07 bits per heavy atom. The molecule has 0 unspecified atom stereocenters. The summed E-state index contributed by atoms with van der Waals surface area (Å²) in [5.74, 6) is 2.31. The first kappa shape index (κ1) is 18.6. The van der Waals surface area contributed by atoms with Crippen molar-refractivity contribution in [2.45, 2.75) is 32.2 Å². The fourth-order valence-corrected chi connectivity index (χ4v) is 3.96. The quantitative estimate of drug-likeness (QED) is 0.682. The SMILES string of the molecule is CC(C)CN1CCC(Nc2ccccc2)(c2nc(-c3ccncc3)n[nH]2)CC1. The van der Waals surface area contributed by atoms with Crippen LogP contribution >= 0.6 is 0 Å². The summed E-state index contributed by atoms with van der Waals surface area (Å²) in [7, 11) is 0. The predicted molar refractivity (Wildman–Crippen MR) is 112 cm³/mol. The summed E-state index contributed by atoms with van der Waals surface area (Å²) < 4.78 is 0. The van der Waals surface area contributed by atoms with E-state index in [1.54, 1.807) is 12.4 Å². The number of H-pyrrole nitrogens is 1. The van der Waals surface area contributed by atoms with Gasteiger partial charge in [0, 0.05) is 43.3 Å². The number of nitrogens with zero attached hydrogens (tertiary/aromatic N) is 4. The van der Waals surface area contributed by atoms with E-state index in [4.69, 9.17) is 4.98 Å². The molecule has 2 N–H and O–H groups in total. The molecule has 3 aromatic rings. The Kier molecular flexibility index (Phi) is 5.39. The molecule has 146 valence electrons. The van der Waals surface area contributed by atoms with E-state index in [0.717, 1.165) is 55.4 Å². The van der Waals surface area contributed by atoms with Gasteiger partial charge in [0.05, 0.1) is 5.54 Å². The average Bonchev–Trinajstić information content (AvgIpc) is 3.22. The van der Waals surface area contributed by atoms with E-state index in [2.05, 4.69) is 63.5 Å². The highest BCUT2D eigenvalue weighted by Crippen LogP contribution is 2.35. The predicted octanol–water partition coefficient (Wildman–Crippen LogP) is 3.93. The number of likely N-dealkylation sites (tertiary alicyclic amines) is 1. The Morgan fingerprint density at radius 2 is 1.79 bits per heavy atom. The second-order valence-corrected chi connectivity index (χ2v) is 8.01. The zero-order valence-corrected chi connectivity index (χ0v) is 16.6. The van der Waals surface area contributed by atoms with Crippen LogP contribution in [0.15, 0.2) is 54.9 Å². The molecule has 0 spiro atoms. The maximum atomic E-state index is 4.88. The zero-order valence-electron chi connectivity index (χ0n) is 16.6. The summed E-state index contributed by atoms with van der Waals surface area (Å²) in [4.78, 5) is 11.5. The molecule has 0 saturated carbocycles. The Bertz CT molecular complexity index is 866. The Hall–Kier alpha value is -2.73. The normalized spacial score (nSPS) is 17.0. The van der Waals surface area contributed by atoms with Gasteiger partial charge in [-0.3, -0.25) is 10.1 Å². The molecule has 1 aliphatic rings. The zero-order chi connectivity index (χ0) is 19.4. The summed E-state index contributed by atoms with van der Waals surface area (Å²) in [5, 5.41) is 11.5. The number of hydrogen-bond donors (Lipinski definition) is 2. The topological polar surface area (TPSA) is 69.7 Å². The number of piperidine rings is 1. The van der Waals surface area contributed by atoms with Crippen molar-refractivity contribution >= 4 is 5.69 Å². The minimum absolute atomic E-state index is 0.243. The van der Waals surface area contributed by atoms with Crippen LogP contribution in [-0.4, -0.2) is 44.7 Å². The third kappa shape index (κ3) is 4.07. The van der Waals surface area contributed by atoms with Crippen LogP contribution in [-0.2, 0) is 5.54 Å². The molecule has 0 radical (unpaired) electrons. The molecule has 1 fully saturated rings. The van der Waals surface area contributed by atoms with Crippen molar-refractivity contribution in [2.24, 2.45) is 5.92 Å². The monoisotopic (exact) mass is 376 g/mol. The average molecular weight is 377 g/mol. The Labute approximate surface area is 166 Å². The number of benzene rings is 1. The van der Waals surface area contributed by atoms with E-state index >= 15 is 0 Å². The summed E-state index contributed by atoms with van der Waals surface area (Å²) in [6.07, 6.45) is 5.51. The van der Waals surface area contributed by atoms with Gasteiger partial charge in [-0.25, -0.2) is 4.98 Å². The first-order valence-electron chi connectivity index (χ1n) is 10.0. The lowest BCUT2D eigenvalue weighted by Crippen LogP contribution is -2.48. The van der Waals surface area contributed by atoms with E-state index in [-0.39, 0.29) is 5.54 Å². The van der Waals surface area contributed by atoms with Gasteiger partial charge in [-0.05, 0) is 43.0 Å². The number of nitrogens with one attached hydrogen (secondary N) is 2. The van der Waals surface area contributed by atoms with Crippen molar-refractivity contribution in [3.8, 4) is 11.4 Å². The van der Waals surface area contributed by atoms with Crippen molar-refractivity contribution in [1.82, 2.24) is 25.1 Å². The molecule has 2 aromatic heterocycles. The van der Waals surface area contributed by atoms with Crippen molar-refractivity contribution < 1.29 is 0 Å². The minimum atomic E-state index is -0.243. The van der Waals surface area contributed by atoms with Gasteiger partial charge in [0.15, 0.2) is 11.6 Å². The molecule has 3 heterocycles. The maximum absolute atomic E-state index is 4.88. The minimum Gasteiger partial charge on any atom is -0.373 e. The molecule has 6 nitrogen and oxygen atoms in total. The van der Waals surface area contributed by atoms with E-state index < -0.39 is 0 Å². The molecular formula is C22H28N6. The third-order valence-corrected chi connectivity index (χ3v) is 5.37. The summed E-state index contributed by atoms with van der Waals surface area (Å²) in [6, 6.07) is 14.3. The molecule has 0 amide bonds. The molecule has 6 heteroatoms. The molecule has 0 atom stereocenters. The van der Waals surface area contributed by atoms with Crippen LogP contribution in [0.1, 0.15) is 32.5 Å². The van der Waals surface area contributed by atoms with Gasteiger partial charge in [0.1, 0.15) is 0 Å². The number of rotatable bonds is 6.